The van der Waals surface area contributed by atoms with Gasteiger partial charge < -0.3 is 13.9 Å². The third kappa shape index (κ3) is 5.60. The summed E-state index contributed by atoms with van der Waals surface area (Å²) in [6, 6.07) is 29.0. The van der Waals surface area contributed by atoms with Crippen molar-refractivity contribution in [2.24, 2.45) is 0 Å². The average molecular weight is 518 g/mol. The summed E-state index contributed by atoms with van der Waals surface area (Å²) in [5, 5.41) is 2.39. The number of carbonyl (C=O) groups is 1. The van der Waals surface area contributed by atoms with Crippen LogP contribution in [0.3, 0.4) is 0 Å². The van der Waals surface area contributed by atoms with Crippen LogP contribution < -0.4 is 15.1 Å². The first-order valence-corrected chi connectivity index (χ1v) is 15.0. The normalized spacial score (nSPS) is 19.0. The minimum Gasteiger partial charge on any atom is -0.497 e. The van der Waals surface area contributed by atoms with Gasteiger partial charge in [-0.25, -0.2) is 4.79 Å². The van der Waals surface area contributed by atoms with Crippen molar-refractivity contribution in [3.05, 3.63) is 90.5 Å². The highest BCUT2D eigenvalue weighted by molar-refractivity contribution is 6.99. The predicted molar refractivity (Wildman–Crippen MR) is 151 cm³/mol. The molecule has 0 radical (unpaired) electrons. The molecule has 0 unspecified atom stereocenters. The van der Waals surface area contributed by atoms with Gasteiger partial charge in [0.25, 0.3) is 8.32 Å². The first-order chi connectivity index (χ1) is 17.7. The van der Waals surface area contributed by atoms with Crippen LogP contribution in [0.5, 0.6) is 5.75 Å². The van der Waals surface area contributed by atoms with Crippen molar-refractivity contribution < 1.29 is 18.7 Å². The van der Waals surface area contributed by atoms with E-state index in [1.807, 2.05) is 29.2 Å². The number of ether oxygens (including phenoxy) is 2. The van der Waals surface area contributed by atoms with Crippen LogP contribution in [0.4, 0.5) is 4.79 Å². The van der Waals surface area contributed by atoms with Crippen LogP contribution in [0, 0.1) is 0 Å². The number of rotatable bonds is 9. The second-order valence-electron chi connectivity index (χ2n) is 11.0. The Hall–Kier alpha value is -3.09. The first-order valence-electron chi connectivity index (χ1n) is 13.0. The SMILES string of the molecule is COc1ccc(CN2C(=O)O[C@H](C[C@@H](C)O[Si](c3ccccc3)(c3ccccc3)C(C)(C)C)[C@@H]2C)cc1. The summed E-state index contributed by atoms with van der Waals surface area (Å²) in [5.41, 5.74) is 1.04. The zero-order valence-corrected chi connectivity index (χ0v) is 23.8. The fourth-order valence-electron chi connectivity index (χ4n) is 5.41. The van der Waals surface area contributed by atoms with Crippen molar-refractivity contribution in [3.8, 4) is 5.75 Å². The summed E-state index contributed by atoms with van der Waals surface area (Å²) in [6.07, 6.45) is 0.0219. The molecule has 1 aliphatic heterocycles. The van der Waals surface area contributed by atoms with Crippen LogP contribution in [0.15, 0.2) is 84.9 Å². The van der Waals surface area contributed by atoms with Crippen LogP contribution in [0.1, 0.15) is 46.6 Å². The molecule has 5 nitrogen and oxygen atoms in total. The van der Waals surface area contributed by atoms with Gasteiger partial charge in [0.15, 0.2) is 0 Å². The summed E-state index contributed by atoms with van der Waals surface area (Å²) in [4.78, 5) is 14.6. The summed E-state index contributed by atoms with van der Waals surface area (Å²) < 4.78 is 18.4. The van der Waals surface area contributed by atoms with E-state index in [1.165, 1.54) is 10.4 Å². The molecule has 3 aromatic carbocycles. The number of cyclic esters (lactones) is 1. The van der Waals surface area contributed by atoms with Gasteiger partial charge in [-0.15, -0.1) is 0 Å². The topological polar surface area (TPSA) is 48.0 Å². The molecule has 1 saturated heterocycles. The highest BCUT2D eigenvalue weighted by Gasteiger charge is 2.51. The summed E-state index contributed by atoms with van der Waals surface area (Å²) >= 11 is 0. The molecule has 0 spiro atoms. The second kappa shape index (κ2) is 11.1. The average Bonchev–Trinajstić information content (AvgIpc) is 3.15. The first kappa shape index (κ1) is 27.0. The number of methoxy groups -OCH3 is 1. The molecule has 1 heterocycles. The van der Waals surface area contributed by atoms with Crippen molar-refractivity contribution >= 4 is 24.8 Å². The summed E-state index contributed by atoms with van der Waals surface area (Å²) in [6.45, 7) is 11.5. The molecule has 1 aliphatic rings. The molecule has 3 aromatic rings. The summed E-state index contributed by atoms with van der Waals surface area (Å²) in [5.74, 6) is 0.799. The van der Waals surface area contributed by atoms with E-state index >= 15 is 0 Å². The molecular weight excluding hydrogens is 478 g/mol. The Kier molecular flexibility index (Phi) is 8.10. The fourth-order valence-corrected chi connectivity index (χ4v) is 10.1. The van der Waals surface area contributed by atoms with Crippen LogP contribution in [-0.2, 0) is 15.7 Å². The number of benzene rings is 3. The molecule has 3 atom stereocenters. The van der Waals surface area contributed by atoms with Crippen LogP contribution in [-0.4, -0.2) is 44.7 Å². The van der Waals surface area contributed by atoms with E-state index in [1.54, 1.807) is 7.11 Å². The van der Waals surface area contributed by atoms with E-state index in [-0.39, 0.29) is 29.4 Å². The molecule has 0 bridgehead atoms. The van der Waals surface area contributed by atoms with E-state index < -0.39 is 8.32 Å². The highest BCUT2D eigenvalue weighted by atomic mass is 28.4. The fraction of sp³-hybridized carbons (Fsp3) is 0.387. The quantitative estimate of drug-likeness (QED) is 0.339. The van der Waals surface area contributed by atoms with Gasteiger partial charge in [0.1, 0.15) is 11.9 Å². The van der Waals surface area contributed by atoms with E-state index in [2.05, 4.69) is 95.3 Å². The largest absolute Gasteiger partial charge is 0.497 e. The third-order valence-corrected chi connectivity index (χ3v) is 12.5. The lowest BCUT2D eigenvalue weighted by Gasteiger charge is -2.45. The Morgan fingerprint density at radius 3 is 1.95 bits per heavy atom. The van der Waals surface area contributed by atoms with Gasteiger partial charge >= 0.3 is 6.09 Å². The lowest BCUT2D eigenvalue weighted by molar-refractivity contribution is 0.0890. The Morgan fingerprint density at radius 1 is 0.919 bits per heavy atom. The Balaban J connectivity index is 1.55. The molecule has 37 heavy (non-hydrogen) atoms. The van der Waals surface area contributed by atoms with Gasteiger partial charge in [-0.2, -0.15) is 0 Å². The zero-order chi connectivity index (χ0) is 26.6. The lowest BCUT2D eigenvalue weighted by atomic mass is 10.1. The molecule has 0 saturated carbocycles. The zero-order valence-electron chi connectivity index (χ0n) is 22.8. The molecule has 0 N–H and O–H groups in total. The van der Waals surface area contributed by atoms with Crippen LogP contribution in [0.2, 0.25) is 5.04 Å². The standard InChI is InChI=1S/C31H39NO4Si/c1-23(21-29-24(2)32(30(33)35-29)22-25-17-19-26(34-6)20-18-25)36-37(31(3,4)5,27-13-9-7-10-14-27)28-15-11-8-12-16-28/h7-20,23-24,29H,21-22H2,1-6H3/t23-,24+,29-/m1/s1. The Bertz CT molecular complexity index is 1120. The molecule has 0 aromatic heterocycles. The molecule has 4 rings (SSSR count). The Labute approximate surface area is 222 Å². The van der Waals surface area contributed by atoms with Gasteiger partial charge in [0.05, 0.1) is 13.2 Å². The molecule has 1 amide bonds. The third-order valence-electron chi connectivity index (χ3n) is 7.39. The van der Waals surface area contributed by atoms with Gasteiger partial charge in [0, 0.05) is 19.1 Å². The highest BCUT2D eigenvalue weighted by Crippen LogP contribution is 2.38. The Morgan fingerprint density at radius 2 is 1.46 bits per heavy atom. The number of hydrogen-bond acceptors (Lipinski definition) is 4. The van der Waals surface area contributed by atoms with E-state index in [9.17, 15) is 4.79 Å². The van der Waals surface area contributed by atoms with E-state index in [0.29, 0.717) is 13.0 Å². The van der Waals surface area contributed by atoms with Gasteiger partial charge in [0.2, 0.25) is 0 Å². The van der Waals surface area contributed by atoms with Crippen molar-refractivity contribution in [3.63, 3.8) is 0 Å². The maximum Gasteiger partial charge on any atom is 0.410 e. The van der Waals surface area contributed by atoms with Crippen molar-refractivity contribution in [1.29, 1.82) is 0 Å². The minimum atomic E-state index is -2.68. The van der Waals surface area contributed by atoms with Crippen molar-refractivity contribution in [1.82, 2.24) is 4.90 Å². The van der Waals surface area contributed by atoms with Gasteiger partial charge in [-0.05, 0) is 47.0 Å². The molecular formula is C31H39NO4Si. The molecule has 1 fully saturated rings. The molecule has 0 aliphatic carbocycles. The van der Waals surface area contributed by atoms with Crippen molar-refractivity contribution in [2.75, 3.05) is 7.11 Å². The predicted octanol–water partition coefficient (Wildman–Crippen LogP) is 5.76. The van der Waals surface area contributed by atoms with E-state index in [0.717, 1.165) is 11.3 Å². The smallest absolute Gasteiger partial charge is 0.410 e. The maximum absolute atomic E-state index is 12.8. The number of carbonyl (C=O) groups excluding carboxylic acids is 1. The lowest BCUT2D eigenvalue weighted by Crippen LogP contribution is -2.67. The number of nitrogens with zero attached hydrogens (tertiary/aromatic N) is 1. The van der Waals surface area contributed by atoms with Crippen LogP contribution >= 0.6 is 0 Å². The minimum absolute atomic E-state index is 0.0557. The number of amides is 1. The summed E-state index contributed by atoms with van der Waals surface area (Å²) in [7, 11) is -1.03. The van der Waals surface area contributed by atoms with Crippen molar-refractivity contribution in [2.45, 2.75) is 70.9 Å². The monoisotopic (exact) mass is 517 g/mol. The number of hydrogen-bond donors (Lipinski definition) is 0. The van der Waals surface area contributed by atoms with E-state index in [4.69, 9.17) is 13.9 Å². The molecule has 196 valence electrons. The maximum atomic E-state index is 12.8. The second-order valence-corrected chi connectivity index (χ2v) is 15.2. The van der Waals surface area contributed by atoms with Gasteiger partial charge in [-0.1, -0.05) is 93.6 Å². The van der Waals surface area contributed by atoms with Gasteiger partial charge in [-0.3, -0.25) is 4.90 Å². The molecule has 6 heteroatoms. The van der Waals surface area contributed by atoms with Crippen LogP contribution in [0.25, 0.3) is 0 Å².